The summed E-state index contributed by atoms with van der Waals surface area (Å²) in [5, 5.41) is 0. The number of ether oxygens (including phenoxy) is 2. The molecular formula is C15H18O3. The van der Waals surface area contributed by atoms with Gasteiger partial charge in [-0.05, 0) is 38.5 Å². The van der Waals surface area contributed by atoms with Crippen LogP contribution in [0.1, 0.15) is 26.3 Å². The molecule has 96 valence electrons. The van der Waals surface area contributed by atoms with Crippen molar-refractivity contribution in [3.63, 3.8) is 0 Å². The Bertz CT molecular complexity index is 485. The van der Waals surface area contributed by atoms with E-state index in [1.54, 1.807) is 33.1 Å². The molecule has 0 N–H and O–H groups in total. The largest absolute Gasteiger partial charge is 0.493 e. The van der Waals surface area contributed by atoms with Crippen LogP contribution in [0, 0.1) is 0 Å². The molecule has 0 atom stereocenters. The van der Waals surface area contributed by atoms with E-state index in [1.807, 2.05) is 31.2 Å². The van der Waals surface area contributed by atoms with Crippen LogP contribution in [0.2, 0.25) is 0 Å². The van der Waals surface area contributed by atoms with E-state index < -0.39 is 0 Å². The van der Waals surface area contributed by atoms with E-state index in [2.05, 4.69) is 0 Å². The number of carbonyl (C=O) groups is 1. The van der Waals surface area contributed by atoms with Gasteiger partial charge in [0, 0.05) is 5.57 Å². The number of benzene rings is 1. The molecule has 0 heterocycles. The molecule has 3 nitrogen and oxygen atoms in total. The first kappa shape index (κ1) is 14.0. The Kier molecular flexibility index (Phi) is 5.18. The average Bonchev–Trinajstić information content (AvgIpc) is 2.39. The minimum absolute atomic E-state index is 0.366. The van der Waals surface area contributed by atoms with Crippen molar-refractivity contribution < 1.29 is 14.3 Å². The van der Waals surface area contributed by atoms with Gasteiger partial charge in [-0.25, -0.2) is 4.79 Å². The summed E-state index contributed by atoms with van der Waals surface area (Å²) in [7, 11) is 1.55. The minimum Gasteiger partial charge on any atom is -0.493 e. The Balaban J connectivity index is 2.99. The molecule has 0 bridgehead atoms. The molecule has 3 heteroatoms. The van der Waals surface area contributed by atoms with Gasteiger partial charge in [0.15, 0.2) is 11.5 Å². The second-order valence-electron chi connectivity index (χ2n) is 3.77. The number of allylic oxidation sites excluding steroid dienone is 2. The summed E-state index contributed by atoms with van der Waals surface area (Å²) >= 11 is 0. The fourth-order valence-electron chi connectivity index (χ4n) is 1.36. The highest BCUT2D eigenvalue weighted by Crippen LogP contribution is 2.29. The van der Waals surface area contributed by atoms with Crippen LogP contribution < -0.4 is 9.47 Å². The molecule has 0 fully saturated rings. The summed E-state index contributed by atoms with van der Waals surface area (Å²) in [6.07, 6.45) is 5.60. The van der Waals surface area contributed by atoms with Gasteiger partial charge >= 0.3 is 5.97 Å². The molecule has 1 aromatic carbocycles. The van der Waals surface area contributed by atoms with Gasteiger partial charge in [-0.3, -0.25) is 0 Å². The summed E-state index contributed by atoms with van der Waals surface area (Å²) in [5.41, 5.74) is 1.56. The molecule has 0 aliphatic carbocycles. The summed E-state index contributed by atoms with van der Waals surface area (Å²) in [6, 6.07) is 5.43. The molecule has 0 aromatic heterocycles. The van der Waals surface area contributed by atoms with Crippen LogP contribution in [0.4, 0.5) is 0 Å². The standard InChI is InChI=1S/C15H18O3/c1-5-7-12-8-9-13(14(10-12)17-4)18-15(16)11(3)6-2/h5-10H,1-4H3. The van der Waals surface area contributed by atoms with Crippen LogP contribution >= 0.6 is 0 Å². The SMILES string of the molecule is CC=Cc1ccc(OC(=O)C(C)=CC)c(OC)c1. The van der Waals surface area contributed by atoms with Gasteiger partial charge in [-0.1, -0.05) is 24.3 Å². The van der Waals surface area contributed by atoms with Gasteiger partial charge < -0.3 is 9.47 Å². The zero-order valence-electron chi connectivity index (χ0n) is 11.2. The first-order valence-electron chi connectivity index (χ1n) is 5.78. The van der Waals surface area contributed by atoms with Crippen LogP contribution in [0.3, 0.4) is 0 Å². The molecule has 0 saturated carbocycles. The third-order valence-electron chi connectivity index (χ3n) is 2.50. The minimum atomic E-state index is -0.366. The highest BCUT2D eigenvalue weighted by atomic mass is 16.6. The predicted octanol–water partition coefficient (Wildman–Crippen LogP) is 3.60. The van der Waals surface area contributed by atoms with Crippen molar-refractivity contribution in [3.8, 4) is 11.5 Å². The first-order chi connectivity index (χ1) is 8.62. The maximum absolute atomic E-state index is 11.7. The van der Waals surface area contributed by atoms with E-state index in [0.29, 0.717) is 17.1 Å². The zero-order chi connectivity index (χ0) is 13.5. The lowest BCUT2D eigenvalue weighted by molar-refractivity contribution is -0.130. The lowest BCUT2D eigenvalue weighted by atomic mass is 10.2. The van der Waals surface area contributed by atoms with Crippen LogP contribution in [-0.4, -0.2) is 13.1 Å². The van der Waals surface area contributed by atoms with Crippen LogP contribution in [-0.2, 0) is 4.79 Å². The molecule has 1 rings (SSSR count). The van der Waals surface area contributed by atoms with Crippen molar-refractivity contribution in [1.82, 2.24) is 0 Å². The fourth-order valence-corrected chi connectivity index (χ4v) is 1.36. The van der Waals surface area contributed by atoms with Crippen molar-refractivity contribution in [2.45, 2.75) is 20.8 Å². The van der Waals surface area contributed by atoms with Gasteiger partial charge in [0.1, 0.15) is 0 Å². The Hall–Kier alpha value is -2.03. The number of hydrogen-bond donors (Lipinski definition) is 0. The number of methoxy groups -OCH3 is 1. The Morgan fingerprint density at radius 2 is 1.94 bits per heavy atom. The molecule has 0 aliphatic heterocycles. The fraction of sp³-hybridized carbons (Fsp3) is 0.267. The maximum Gasteiger partial charge on any atom is 0.338 e. The van der Waals surface area contributed by atoms with Gasteiger partial charge in [0.05, 0.1) is 7.11 Å². The molecule has 0 spiro atoms. The topological polar surface area (TPSA) is 35.5 Å². The Labute approximate surface area is 108 Å². The number of hydrogen-bond acceptors (Lipinski definition) is 3. The van der Waals surface area contributed by atoms with Crippen LogP contribution in [0.5, 0.6) is 11.5 Å². The molecular weight excluding hydrogens is 228 g/mol. The van der Waals surface area contributed by atoms with Crippen LogP contribution in [0.15, 0.2) is 35.9 Å². The van der Waals surface area contributed by atoms with Crippen molar-refractivity contribution in [3.05, 3.63) is 41.5 Å². The Morgan fingerprint density at radius 3 is 2.50 bits per heavy atom. The third-order valence-corrected chi connectivity index (χ3v) is 2.50. The Morgan fingerprint density at radius 1 is 1.22 bits per heavy atom. The highest BCUT2D eigenvalue weighted by molar-refractivity contribution is 5.89. The van der Waals surface area contributed by atoms with E-state index in [1.165, 1.54) is 0 Å². The lowest BCUT2D eigenvalue weighted by Crippen LogP contribution is -2.09. The summed E-state index contributed by atoms with van der Waals surface area (Å²) in [5.74, 6) is 0.606. The quantitative estimate of drug-likeness (QED) is 0.462. The normalized spacial score (nSPS) is 11.7. The van der Waals surface area contributed by atoms with E-state index in [-0.39, 0.29) is 5.97 Å². The third kappa shape index (κ3) is 3.48. The summed E-state index contributed by atoms with van der Waals surface area (Å²) < 4.78 is 10.5. The second-order valence-corrected chi connectivity index (χ2v) is 3.77. The highest BCUT2D eigenvalue weighted by Gasteiger charge is 2.11. The number of rotatable bonds is 4. The maximum atomic E-state index is 11.7. The number of esters is 1. The van der Waals surface area contributed by atoms with Gasteiger partial charge in [-0.2, -0.15) is 0 Å². The molecule has 0 amide bonds. The molecule has 18 heavy (non-hydrogen) atoms. The van der Waals surface area contributed by atoms with Crippen molar-refractivity contribution in [2.24, 2.45) is 0 Å². The second kappa shape index (κ2) is 6.64. The first-order valence-corrected chi connectivity index (χ1v) is 5.78. The monoisotopic (exact) mass is 246 g/mol. The van der Waals surface area contributed by atoms with Gasteiger partial charge in [0.2, 0.25) is 0 Å². The summed E-state index contributed by atoms with van der Waals surface area (Å²) in [4.78, 5) is 11.7. The van der Waals surface area contributed by atoms with Crippen molar-refractivity contribution >= 4 is 12.0 Å². The smallest absolute Gasteiger partial charge is 0.338 e. The molecule has 0 aliphatic rings. The van der Waals surface area contributed by atoms with Gasteiger partial charge in [-0.15, -0.1) is 0 Å². The molecule has 0 radical (unpaired) electrons. The van der Waals surface area contributed by atoms with E-state index in [9.17, 15) is 4.79 Å². The van der Waals surface area contributed by atoms with Crippen molar-refractivity contribution in [2.75, 3.05) is 7.11 Å². The van der Waals surface area contributed by atoms with E-state index >= 15 is 0 Å². The lowest BCUT2D eigenvalue weighted by Gasteiger charge is -2.10. The number of carbonyl (C=O) groups excluding carboxylic acids is 1. The zero-order valence-corrected chi connectivity index (χ0v) is 11.2. The molecule has 0 saturated heterocycles. The summed E-state index contributed by atoms with van der Waals surface area (Å²) in [6.45, 7) is 5.45. The van der Waals surface area contributed by atoms with E-state index in [0.717, 1.165) is 5.56 Å². The van der Waals surface area contributed by atoms with Crippen LogP contribution in [0.25, 0.3) is 6.08 Å². The average molecular weight is 246 g/mol. The van der Waals surface area contributed by atoms with Gasteiger partial charge in [0.25, 0.3) is 0 Å². The van der Waals surface area contributed by atoms with Crippen molar-refractivity contribution in [1.29, 1.82) is 0 Å². The van der Waals surface area contributed by atoms with E-state index in [4.69, 9.17) is 9.47 Å². The molecule has 1 aromatic rings. The predicted molar refractivity (Wildman–Crippen MR) is 72.8 cm³/mol. The molecule has 0 unspecified atom stereocenters.